The molecular formula is C33H42N4O6. The Morgan fingerprint density at radius 1 is 0.907 bits per heavy atom. The number of nitrogens with zero attached hydrogens (tertiary/aromatic N) is 2. The minimum atomic E-state index is -1.12. The number of carboxylic acids is 1. The Labute approximate surface area is 252 Å². The fourth-order valence-electron chi connectivity index (χ4n) is 6.37. The molecule has 1 atom stereocenters. The van der Waals surface area contributed by atoms with E-state index in [-0.39, 0.29) is 31.2 Å². The van der Waals surface area contributed by atoms with E-state index in [9.17, 15) is 24.3 Å². The summed E-state index contributed by atoms with van der Waals surface area (Å²) in [6, 6.07) is 13.7. The van der Waals surface area contributed by atoms with Crippen LogP contribution in [0, 0.1) is 5.41 Å². The van der Waals surface area contributed by atoms with Gasteiger partial charge < -0.3 is 25.4 Å². The van der Waals surface area contributed by atoms with E-state index in [2.05, 4.69) is 15.5 Å². The first-order valence-electron chi connectivity index (χ1n) is 15.5. The van der Waals surface area contributed by atoms with Crippen LogP contribution in [0.5, 0.6) is 11.5 Å². The Balaban J connectivity index is 1.34. The molecule has 2 fully saturated rings. The highest BCUT2D eigenvalue weighted by Gasteiger charge is 2.42. The molecule has 0 aliphatic carbocycles. The molecule has 10 heteroatoms. The highest BCUT2D eigenvalue weighted by atomic mass is 16.5. The maximum atomic E-state index is 13.8. The van der Waals surface area contributed by atoms with E-state index in [1.807, 2.05) is 29.2 Å². The number of aliphatic carboxylic acids is 1. The second-order valence-electron chi connectivity index (χ2n) is 12.1. The third kappa shape index (κ3) is 8.13. The summed E-state index contributed by atoms with van der Waals surface area (Å²) in [7, 11) is 0. The Hall–Kier alpha value is -3.92. The topological polar surface area (TPSA) is 128 Å². The molecule has 2 saturated heterocycles. The molecule has 43 heavy (non-hydrogen) atoms. The normalized spacial score (nSPS) is 22.0. The highest BCUT2D eigenvalue weighted by molar-refractivity contribution is 5.86. The smallest absolute Gasteiger partial charge is 0.326 e. The van der Waals surface area contributed by atoms with Crippen molar-refractivity contribution in [1.29, 1.82) is 0 Å². The van der Waals surface area contributed by atoms with Gasteiger partial charge in [0.1, 0.15) is 17.5 Å². The van der Waals surface area contributed by atoms with Gasteiger partial charge in [0.2, 0.25) is 17.7 Å². The third-order valence-electron chi connectivity index (χ3n) is 8.92. The standard InChI is InChI=1S/C33H42N4O6/c38-29-12-15-34-32(42)33(13-18-37(19-14-33)30(39)23-36-16-3-1-2-4-17-36)22-25-6-5-7-27(20-25)43-26-10-8-24(9-11-26)21-28(35-29)31(40)41/h5-11,20,28H,1-4,12-19,21-23H2,(H,34,42)(H,35,38)(H,40,41)/t28-/m0/s1. The van der Waals surface area contributed by atoms with Crippen molar-refractivity contribution in [3.63, 3.8) is 0 Å². The van der Waals surface area contributed by atoms with Gasteiger partial charge in [0.15, 0.2) is 0 Å². The molecule has 2 aromatic rings. The van der Waals surface area contributed by atoms with Crippen LogP contribution in [0.2, 0.25) is 0 Å². The van der Waals surface area contributed by atoms with Gasteiger partial charge in [-0.25, -0.2) is 4.79 Å². The average molecular weight is 591 g/mol. The molecule has 0 radical (unpaired) electrons. The minimum Gasteiger partial charge on any atom is -0.480 e. The largest absolute Gasteiger partial charge is 0.480 e. The molecule has 0 saturated carbocycles. The molecule has 4 aliphatic rings. The lowest BCUT2D eigenvalue weighted by atomic mass is 9.72. The molecular weight excluding hydrogens is 548 g/mol. The maximum Gasteiger partial charge on any atom is 0.326 e. The van der Waals surface area contributed by atoms with Crippen LogP contribution in [-0.2, 0) is 32.0 Å². The molecule has 6 rings (SSSR count). The number of carbonyl (C=O) groups is 4. The zero-order chi connectivity index (χ0) is 30.2. The van der Waals surface area contributed by atoms with Gasteiger partial charge in [-0.15, -0.1) is 0 Å². The summed E-state index contributed by atoms with van der Waals surface area (Å²) < 4.78 is 6.10. The molecule has 230 valence electrons. The fourth-order valence-corrected chi connectivity index (χ4v) is 6.37. The van der Waals surface area contributed by atoms with Gasteiger partial charge in [0, 0.05) is 32.5 Å². The lowest BCUT2D eigenvalue weighted by molar-refractivity contribution is -0.142. The van der Waals surface area contributed by atoms with Crippen molar-refractivity contribution in [2.24, 2.45) is 5.41 Å². The summed E-state index contributed by atoms with van der Waals surface area (Å²) >= 11 is 0. The monoisotopic (exact) mass is 590 g/mol. The van der Waals surface area contributed by atoms with Crippen LogP contribution < -0.4 is 15.4 Å². The second kappa shape index (κ2) is 14.0. The molecule has 4 bridgehead atoms. The Bertz CT molecular complexity index is 1300. The molecule has 0 unspecified atom stereocenters. The van der Waals surface area contributed by atoms with Crippen LogP contribution in [0.4, 0.5) is 0 Å². The lowest BCUT2D eigenvalue weighted by Gasteiger charge is -2.41. The average Bonchev–Trinajstić information content (AvgIpc) is 3.26. The Morgan fingerprint density at radius 3 is 2.33 bits per heavy atom. The number of amides is 3. The number of ether oxygens (including phenoxy) is 1. The van der Waals surface area contributed by atoms with Gasteiger partial charge >= 0.3 is 5.97 Å². The van der Waals surface area contributed by atoms with Crippen molar-refractivity contribution in [3.8, 4) is 11.5 Å². The zero-order valence-corrected chi connectivity index (χ0v) is 24.7. The quantitative estimate of drug-likeness (QED) is 0.501. The van der Waals surface area contributed by atoms with Crippen LogP contribution in [0.25, 0.3) is 0 Å². The molecule has 2 aromatic carbocycles. The molecule has 3 N–H and O–H groups in total. The van der Waals surface area contributed by atoms with Gasteiger partial charge in [0.05, 0.1) is 12.0 Å². The van der Waals surface area contributed by atoms with Crippen molar-refractivity contribution >= 4 is 23.7 Å². The maximum absolute atomic E-state index is 13.8. The van der Waals surface area contributed by atoms with E-state index in [1.165, 1.54) is 12.8 Å². The van der Waals surface area contributed by atoms with Crippen molar-refractivity contribution in [3.05, 3.63) is 59.7 Å². The number of likely N-dealkylation sites (tertiary alicyclic amines) is 2. The SMILES string of the molecule is O=C1CCNC(=O)C2(CCN(C(=O)CN3CCCCCC3)CC2)Cc2cccc(c2)Oc2ccc(cc2)C[C@@H](C(=O)O)N1. The van der Waals surface area contributed by atoms with Crippen LogP contribution in [-0.4, -0.2) is 83.9 Å². The van der Waals surface area contributed by atoms with Gasteiger partial charge in [-0.2, -0.15) is 0 Å². The molecule has 1 spiro atoms. The first-order valence-corrected chi connectivity index (χ1v) is 15.5. The van der Waals surface area contributed by atoms with E-state index in [0.29, 0.717) is 50.4 Å². The number of carboxylic acid groups (broad SMARTS) is 1. The highest BCUT2D eigenvalue weighted by Crippen LogP contribution is 2.37. The van der Waals surface area contributed by atoms with E-state index in [0.717, 1.165) is 37.1 Å². The molecule has 4 heterocycles. The summed E-state index contributed by atoms with van der Waals surface area (Å²) in [5.41, 5.74) is 0.948. The van der Waals surface area contributed by atoms with Crippen molar-refractivity contribution in [2.75, 3.05) is 39.3 Å². The number of hydrogen-bond acceptors (Lipinski definition) is 6. The van der Waals surface area contributed by atoms with E-state index in [1.54, 1.807) is 24.3 Å². The minimum absolute atomic E-state index is 0.0334. The first-order chi connectivity index (χ1) is 20.8. The Kier molecular flexibility index (Phi) is 9.97. The number of hydrogen-bond donors (Lipinski definition) is 3. The number of nitrogens with one attached hydrogen (secondary N) is 2. The predicted octanol–water partition coefficient (Wildman–Crippen LogP) is 3.14. The van der Waals surface area contributed by atoms with Crippen LogP contribution in [0.3, 0.4) is 0 Å². The fraction of sp³-hybridized carbons (Fsp3) is 0.515. The van der Waals surface area contributed by atoms with Crippen molar-refractivity contribution in [1.82, 2.24) is 20.4 Å². The van der Waals surface area contributed by atoms with E-state index >= 15 is 0 Å². The second-order valence-corrected chi connectivity index (χ2v) is 12.1. The molecule has 3 amide bonds. The number of carbonyl (C=O) groups excluding carboxylic acids is 3. The van der Waals surface area contributed by atoms with E-state index < -0.39 is 23.3 Å². The summed E-state index contributed by atoms with van der Waals surface area (Å²) in [5.74, 6) is -0.367. The number of rotatable bonds is 3. The number of benzene rings is 2. The Morgan fingerprint density at radius 2 is 1.63 bits per heavy atom. The van der Waals surface area contributed by atoms with Gasteiger partial charge in [-0.3, -0.25) is 19.3 Å². The summed E-state index contributed by atoms with van der Waals surface area (Å²) in [5, 5.41) is 15.2. The number of piperidine rings is 1. The van der Waals surface area contributed by atoms with Crippen LogP contribution >= 0.6 is 0 Å². The first kappa shape index (κ1) is 30.5. The molecule has 0 aromatic heterocycles. The summed E-state index contributed by atoms with van der Waals surface area (Å²) in [6.07, 6.45) is 6.25. The van der Waals surface area contributed by atoms with Crippen molar-refractivity contribution < 1.29 is 29.0 Å². The van der Waals surface area contributed by atoms with Gasteiger partial charge in [-0.1, -0.05) is 37.1 Å². The number of fused-ring (bicyclic) bond motifs is 9. The summed E-state index contributed by atoms with van der Waals surface area (Å²) in [4.78, 5) is 55.6. The van der Waals surface area contributed by atoms with Crippen LogP contribution in [0.1, 0.15) is 56.1 Å². The van der Waals surface area contributed by atoms with Crippen LogP contribution in [0.15, 0.2) is 48.5 Å². The predicted molar refractivity (Wildman–Crippen MR) is 161 cm³/mol. The van der Waals surface area contributed by atoms with Gasteiger partial charge in [-0.05, 0) is 80.6 Å². The van der Waals surface area contributed by atoms with Gasteiger partial charge in [0.25, 0.3) is 0 Å². The zero-order valence-electron chi connectivity index (χ0n) is 24.7. The molecule has 10 nitrogen and oxygen atoms in total. The molecule has 4 aliphatic heterocycles. The summed E-state index contributed by atoms with van der Waals surface area (Å²) in [6.45, 7) is 3.40. The van der Waals surface area contributed by atoms with Crippen molar-refractivity contribution in [2.45, 2.75) is 63.8 Å². The lowest BCUT2D eigenvalue weighted by Crippen LogP contribution is -2.53. The van der Waals surface area contributed by atoms with E-state index in [4.69, 9.17) is 4.74 Å². The third-order valence-corrected chi connectivity index (χ3v) is 8.92.